The van der Waals surface area contributed by atoms with Gasteiger partial charge in [-0.15, -0.1) is 0 Å². The second-order valence-electron chi connectivity index (χ2n) is 4.99. The van der Waals surface area contributed by atoms with Crippen LogP contribution in [0.2, 0.25) is 5.02 Å². The molecule has 0 aromatic heterocycles. The van der Waals surface area contributed by atoms with E-state index in [1.54, 1.807) is 6.07 Å². The van der Waals surface area contributed by atoms with Gasteiger partial charge in [-0.3, -0.25) is 4.79 Å². The zero-order valence-corrected chi connectivity index (χ0v) is 12.0. The molecule has 5 heteroatoms. The number of nitrogens with one attached hydrogen (secondary N) is 2. The molecule has 1 amide bonds. The fraction of sp³-hybridized carbons (Fsp3) is 0.188. The van der Waals surface area contributed by atoms with Crippen LogP contribution < -0.4 is 10.6 Å². The minimum atomic E-state index is -0.546. The second-order valence-corrected chi connectivity index (χ2v) is 5.42. The van der Waals surface area contributed by atoms with Crippen LogP contribution in [0.4, 0.5) is 10.1 Å². The minimum Gasteiger partial charge on any atom is -0.319 e. The van der Waals surface area contributed by atoms with Gasteiger partial charge >= 0.3 is 0 Å². The van der Waals surface area contributed by atoms with Gasteiger partial charge in [0.15, 0.2) is 0 Å². The van der Waals surface area contributed by atoms with Gasteiger partial charge < -0.3 is 10.6 Å². The fourth-order valence-corrected chi connectivity index (χ4v) is 2.57. The molecule has 0 saturated heterocycles. The van der Waals surface area contributed by atoms with E-state index in [0.717, 1.165) is 25.1 Å². The normalized spacial score (nSPS) is 13.6. The number of carbonyl (C=O) groups is 1. The average Bonchev–Trinajstić information content (AvgIpc) is 2.49. The van der Waals surface area contributed by atoms with E-state index in [-0.39, 0.29) is 11.6 Å². The molecule has 1 heterocycles. The van der Waals surface area contributed by atoms with Crippen LogP contribution in [-0.4, -0.2) is 12.5 Å². The Hall–Kier alpha value is -1.91. The van der Waals surface area contributed by atoms with Crippen molar-refractivity contribution in [3.63, 3.8) is 0 Å². The van der Waals surface area contributed by atoms with E-state index < -0.39 is 5.82 Å². The molecule has 0 bridgehead atoms. The number of hydrogen-bond donors (Lipinski definition) is 2. The summed E-state index contributed by atoms with van der Waals surface area (Å²) in [6, 6.07) is 9.75. The van der Waals surface area contributed by atoms with Crippen molar-refractivity contribution in [2.75, 3.05) is 11.9 Å². The van der Waals surface area contributed by atoms with E-state index in [0.29, 0.717) is 10.6 Å². The SMILES string of the molecule is O=C(Nc1ccc(Cl)cc1F)c1ccc2c(c1)CNCC2. The van der Waals surface area contributed by atoms with Crippen LogP contribution in [-0.2, 0) is 13.0 Å². The summed E-state index contributed by atoms with van der Waals surface area (Å²) in [6.07, 6.45) is 0.961. The summed E-state index contributed by atoms with van der Waals surface area (Å²) in [6.45, 7) is 1.71. The Morgan fingerprint density at radius 3 is 2.86 bits per heavy atom. The Bertz CT molecular complexity index is 703. The lowest BCUT2D eigenvalue weighted by Gasteiger charge is -2.17. The van der Waals surface area contributed by atoms with E-state index in [2.05, 4.69) is 10.6 Å². The topological polar surface area (TPSA) is 41.1 Å². The van der Waals surface area contributed by atoms with Gasteiger partial charge in [-0.2, -0.15) is 0 Å². The van der Waals surface area contributed by atoms with Gasteiger partial charge in [0.25, 0.3) is 5.91 Å². The first-order valence-electron chi connectivity index (χ1n) is 6.72. The molecule has 2 aromatic rings. The third-order valence-electron chi connectivity index (χ3n) is 3.53. The van der Waals surface area contributed by atoms with Crippen molar-refractivity contribution < 1.29 is 9.18 Å². The average molecular weight is 305 g/mol. The molecule has 0 aliphatic carbocycles. The first kappa shape index (κ1) is 14.0. The lowest BCUT2D eigenvalue weighted by molar-refractivity contribution is 0.102. The van der Waals surface area contributed by atoms with E-state index in [4.69, 9.17) is 11.6 Å². The van der Waals surface area contributed by atoms with Gasteiger partial charge in [0.2, 0.25) is 0 Å². The van der Waals surface area contributed by atoms with Gasteiger partial charge in [0, 0.05) is 17.1 Å². The van der Waals surface area contributed by atoms with Gasteiger partial charge in [0.1, 0.15) is 5.82 Å². The quantitative estimate of drug-likeness (QED) is 0.893. The maximum Gasteiger partial charge on any atom is 0.255 e. The van der Waals surface area contributed by atoms with Crippen molar-refractivity contribution in [2.24, 2.45) is 0 Å². The first-order valence-corrected chi connectivity index (χ1v) is 7.10. The summed E-state index contributed by atoms with van der Waals surface area (Å²) in [5, 5.41) is 6.13. The lowest BCUT2D eigenvalue weighted by Crippen LogP contribution is -2.24. The van der Waals surface area contributed by atoms with Crippen LogP contribution in [0, 0.1) is 5.82 Å². The van der Waals surface area contributed by atoms with Crippen molar-refractivity contribution in [2.45, 2.75) is 13.0 Å². The summed E-state index contributed by atoms with van der Waals surface area (Å²) in [4.78, 5) is 12.2. The molecule has 21 heavy (non-hydrogen) atoms. The van der Waals surface area contributed by atoms with Crippen LogP contribution in [0.3, 0.4) is 0 Å². The maximum absolute atomic E-state index is 13.7. The maximum atomic E-state index is 13.7. The van der Waals surface area contributed by atoms with Crippen molar-refractivity contribution >= 4 is 23.2 Å². The molecule has 1 aliphatic heterocycles. The molecule has 0 unspecified atom stereocenters. The molecule has 1 aliphatic rings. The molecule has 108 valence electrons. The van der Waals surface area contributed by atoms with Crippen molar-refractivity contribution in [3.05, 3.63) is 63.9 Å². The Labute approximate surface area is 127 Å². The molecule has 3 nitrogen and oxygen atoms in total. The van der Waals surface area contributed by atoms with Crippen LogP contribution in [0.5, 0.6) is 0 Å². The van der Waals surface area contributed by atoms with Crippen molar-refractivity contribution in [1.82, 2.24) is 5.32 Å². The number of anilines is 1. The highest BCUT2D eigenvalue weighted by molar-refractivity contribution is 6.30. The summed E-state index contributed by atoms with van der Waals surface area (Å²) in [5.74, 6) is -0.875. The summed E-state index contributed by atoms with van der Waals surface area (Å²) < 4.78 is 13.7. The van der Waals surface area contributed by atoms with E-state index in [1.165, 1.54) is 23.8 Å². The third kappa shape index (κ3) is 3.06. The van der Waals surface area contributed by atoms with Crippen LogP contribution in [0.1, 0.15) is 21.5 Å². The zero-order chi connectivity index (χ0) is 14.8. The molecule has 0 spiro atoms. The molecule has 0 radical (unpaired) electrons. The highest BCUT2D eigenvalue weighted by Gasteiger charge is 2.14. The van der Waals surface area contributed by atoms with Crippen LogP contribution >= 0.6 is 11.6 Å². The number of hydrogen-bond acceptors (Lipinski definition) is 2. The molecule has 3 rings (SSSR count). The number of benzene rings is 2. The Balaban J connectivity index is 1.82. The van der Waals surface area contributed by atoms with Crippen LogP contribution in [0.15, 0.2) is 36.4 Å². The first-order chi connectivity index (χ1) is 10.1. The van der Waals surface area contributed by atoms with E-state index in [1.807, 2.05) is 12.1 Å². The summed E-state index contributed by atoms with van der Waals surface area (Å²) in [5.41, 5.74) is 3.01. The van der Waals surface area contributed by atoms with E-state index in [9.17, 15) is 9.18 Å². The molecule has 2 N–H and O–H groups in total. The standard InChI is InChI=1S/C16H14ClFN2O/c17-13-3-4-15(14(18)8-13)20-16(21)11-2-1-10-5-6-19-9-12(10)7-11/h1-4,7-8,19H,5-6,9H2,(H,20,21). The van der Waals surface area contributed by atoms with Crippen molar-refractivity contribution in [3.8, 4) is 0 Å². The molecule has 0 fully saturated rings. The predicted molar refractivity (Wildman–Crippen MR) is 81.2 cm³/mol. The smallest absolute Gasteiger partial charge is 0.255 e. The lowest BCUT2D eigenvalue weighted by atomic mass is 9.98. The highest BCUT2D eigenvalue weighted by atomic mass is 35.5. The van der Waals surface area contributed by atoms with Gasteiger partial charge in [-0.05, 0) is 54.4 Å². The molecular formula is C16H14ClFN2O. The Kier molecular flexibility index (Phi) is 3.90. The van der Waals surface area contributed by atoms with E-state index >= 15 is 0 Å². The number of carbonyl (C=O) groups excluding carboxylic acids is 1. The predicted octanol–water partition coefficient (Wildman–Crippen LogP) is 3.38. The summed E-state index contributed by atoms with van der Waals surface area (Å²) >= 11 is 5.69. The number of halogens is 2. The number of fused-ring (bicyclic) bond motifs is 1. The Morgan fingerprint density at radius 2 is 2.05 bits per heavy atom. The van der Waals surface area contributed by atoms with Crippen LogP contribution in [0.25, 0.3) is 0 Å². The summed E-state index contributed by atoms with van der Waals surface area (Å²) in [7, 11) is 0. The molecule has 2 aromatic carbocycles. The van der Waals surface area contributed by atoms with Gasteiger partial charge in [0.05, 0.1) is 5.69 Å². The van der Waals surface area contributed by atoms with Crippen molar-refractivity contribution in [1.29, 1.82) is 0 Å². The zero-order valence-electron chi connectivity index (χ0n) is 11.2. The number of amides is 1. The highest BCUT2D eigenvalue weighted by Crippen LogP contribution is 2.21. The Morgan fingerprint density at radius 1 is 1.19 bits per heavy atom. The second kappa shape index (κ2) is 5.84. The third-order valence-corrected chi connectivity index (χ3v) is 3.77. The van der Waals surface area contributed by atoms with Gasteiger partial charge in [-0.1, -0.05) is 17.7 Å². The number of rotatable bonds is 2. The minimum absolute atomic E-state index is 0.125. The molecular weight excluding hydrogens is 291 g/mol. The van der Waals surface area contributed by atoms with Gasteiger partial charge in [-0.25, -0.2) is 4.39 Å². The molecule has 0 atom stereocenters. The molecule has 0 saturated carbocycles. The monoisotopic (exact) mass is 304 g/mol. The fourth-order valence-electron chi connectivity index (χ4n) is 2.41. The largest absolute Gasteiger partial charge is 0.319 e.